The molecule has 1 heterocycles. The van der Waals surface area contributed by atoms with E-state index in [0.29, 0.717) is 17.5 Å². The summed E-state index contributed by atoms with van der Waals surface area (Å²) in [5.41, 5.74) is 2.21. The van der Waals surface area contributed by atoms with Gasteiger partial charge in [-0.2, -0.15) is 5.10 Å². The Morgan fingerprint density at radius 3 is 2.93 bits per heavy atom. The Labute approximate surface area is 87.1 Å². The molecule has 1 aromatic carbocycles. The molecule has 1 aromatic heterocycles. The summed E-state index contributed by atoms with van der Waals surface area (Å²) < 4.78 is 0. The largest absolute Gasteiger partial charge is 0.262 e. The molecular weight excluding hydrogens is 198 g/mol. The van der Waals surface area contributed by atoms with Crippen LogP contribution >= 0.6 is 11.6 Å². The topological polar surface area (TPSA) is 41.6 Å². The molecule has 0 fully saturated rings. The van der Waals surface area contributed by atoms with Crippen molar-refractivity contribution in [2.24, 2.45) is 0 Å². The maximum Gasteiger partial charge on any atom is 0.181 e. The summed E-state index contributed by atoms with van der Waals surface area (Å²) in [7, 11) is 0. The van der Waals surface area contributed by atoms with Gasteiger partial charge in [0.05, 0.1) is 5.88 Å². The van der Waals surface area contributed by atoms with E-state index in [2.05, 4.69) is 15.2 Å². The summed E-state index contributed by atoms with van der Waals surface area (Å²) in [6.07, 6.45) is 0. The second-order valence-electron chi connectivity index (χ2n) is 3.11. The summed E-state index contributed by atoms with van der Waals surface area (Å²) in [5.74, 6) is 1.76. The monoisotopic (exact) mass is 207 g/mol. The number of rotatable bonds is 2. The molecule has 72 valence electrons. The summed E-state index contributed by atoms with van der Waals surface area (Å²) >= 11 is 5.63. The Kier molecular flexibility index (Phi) is 2.50. The number of aromatic amines is 1. The normalized spacial score (nSPS) is 10.4. The van der Waals surface area contributed by atoms with Crippen molar-refractivity contribution < 1.29 is 0 Å². The van der Waals surface area contributed by atoms with Gasteiger partial charge in [-0.25, -0.2) is 4.98 Å². The van der Waals surface area contributed by atoms with E-state index >= 15 is 0 Å². The Morgan fingerprint density at radius 1 is 1.43 bits per heavy atom. The second-order valence-corrected chi connectivity index (χ2v) is 3.38. The lowest BCUT2D eigenvalue weighted by atomic mass is 10.1. The van der Waals surface area contributed by atoms with Crippen LogP contribution in [0.1, 0.15) is 11.4 Å². The van der Waals surface area contributed by atoms with E-state index in [4.69, 9.17) is 11.6 Å². The average molecular weight is 208 g/mol. The molecule has 1 N–H and O–H groups in total. The van der Waals surface area contributed by atoms with Crippen molar-refractivity contribution in [1.29, 1.82) is 0 Å². The Balaban J connectivity index is 2.39. The van der Waals surface area contributed by atoms with E-state index in [1.807, 2.05) is 31.2 Å². The highest BCUT2D eigenvalue weighted by Gasteiger charge is 2.04. The van der Waals surface area contributed by atoms with Crippen LogP contribution in [-0.4, -0.2) is 15.2 Å². The number of hydrogen-bond donors (Lipinski definition) is 1. The van der Waals surface area contributed by atoms with E-state index in [1.54, 1.807) is 0 Å². The van der Waals surface area contributed by atoms with Crippen LogP contribution < -0.4 is 0 Å². The first-order chi connectivity index (χ1) is 6.79. The van der Waals surface area contributed by atoms with Gasteiger partial charge in [-0.15, -0.1) is 11.6 Å². The quantitative estimate of drug-likeness (QED) is 0.769. The van der Waals surface area contributed by atoms with Crippen molar-refractivity contribution >= 4 is 11.6 Å². The highest BCUT2D eigenvalue weighted by molar-refractivity contribution is 6.16. The minimum absolute atomic E-state index is 0.360. The van der Waals surface area contributed by atoms with Gasteiger partial charge in [-0.1, -0.05) is 23.8 Å². The zero-order chi connectivity index (χ0) is 9.97. The molecule has 0 unspecified atom stereocenters. The summed E-state index contributed by atoms with van der Waals surface area (Å²) in [6, 6.07) is 8.05. The van der Waals surface area contributed by atoms with Gasteiger partial charge in [0.25, 0.3) is 0 Å². The van der Waals surface area contributed by atoms with Crippen LogP contribution in [-0.2, 0) is 5.88 Å². The molecular formula is C10H10ClN3. The van der Waals surface area contributed by atoms with Crippen LogP contribution in [0.3, 0.4) is 0 Å². The van der Waals surface area contributed by atoms with Gasteiger partial charge in [-0.05, 0) is 13.0 Å². The minimum Gasteiger partial charge on any atom is -0.262 e. The number of H-pyrrole nitrogens is 1. The Bertz CT molecular complexity index is 436. The number of alkyl halides is 1. The first-order valence-corrected chi connectivity index (χ1v) is 4.87. The smallest absolute Gasteiger partial charge is 0.181 e. The van der Waals surface area contributed by atoms with Crippen LogP contribution in [0.15, 0.2) is 24.3 Å². The first-order valence-electron chi connectivity index (χ1n) is 4.34. The molecule has 0 aliphatic heterocycles. The van der Waals surface area contributed by atoms with Crippen molar-refractivity contribution in [1.82, 2.24) is 15.2 Å². The molecule has 3 nitrogen and oxygen atoms in total. The maximum absolute atomic E-state index is 5.63. The highest BCUT2D eigenvalue weighted by Crippen LogP contribution is 2.15. The minimum atomic E-state index is 0.360. The first kappa shape index (κ1) is 9.21. The van der Waals surface area contributed by atoms with Crippen LogP contribution in [0.25, 0.3) is 11.4 Å². The highest BCUT2D eigenvalue weighted by atomic mass is 35.5. The zero-order valence-corrected chi connectivity index (χ0v) is 8.54. The molecule has 2 aromatic rings. The van der Waals surface area contributed by atoms with Crippen LogP contribution in [0.2, 0.25) is 0 Å². The SMILES string of the molecule is Cc1cccc(-c2n[nH]c(CCl)n2)c1. The van der Waals surface area contributed by atoms with E-state index < -0.39 is 0 Å². The molecule has 2 rings (SSSR count). The molecule has 0 saturated carbocycles. The van der Waals surface area contributed by atoms with E-state index in [9.17, 15) is 0 Å². The molecule has 0 bridgehead atoms. The molecule has 14 heavy (non-hydrogen) atoms. The molecule has 0 saturated heterocycles. The lowest BCUT2D eigenvalue weighted by molar-refractivity contribution is 1.02. The van der Waals surface area contributed by atoms with Gasteiger partial charge in [0.2, 0.25) is 0 Å². The average Bonchev–Trinajstić information content (AvgIpc) is 2.66. The Morgan fingerprint density at radius 2 is 2.29 bits per heavy atom. The molecule has 0 radical (unpaired) electrons. The Hall–Kier alpha value is -1.35. The molecule has 0 amide bonds. The molecule has 0 aliphatic carbocycles. The standard InChI is InChI=1S/C10H10ClN3/c1-7-3-2-4-8(5-7)10-12-9(6-11)13-14-10/h2-5H,6H2,1H3,(H,12,13,14). The number of nitrogens with zero attached hydrogens (tertiary/aromatic N) is 2. The number of aryl methyl sites for hydroxylation is 1. The second kappa shape index (κ2) is 3.80. The fourth-order valence-corrected chi connectivity index (χ4v) is 1.39. The number of halogens is 1. The number of hydrogen-bond acceptors (Lipinski definition) is 2. The molecule has 4 heteroatoms. The molecule has 0 spiro atoms. The summed E-state index contributed by atoms with van der Waals surface area (Å²) in [4.78, 5) is 4.24. The van der Waals surface area contributed by atoms with Crippen molar-refractivity contribution in [3.05, 3.63) is 35.7 Å². The fraction of sp³-hybridized carbons (Fsp3) is 0.200. The van der Waals surface area contributed by atoms with Crippen molar-refractivity contribution in [3.63, 3.8) is 0 Å². The van der Waals surface area contributed by atoms with Crippen LogP contribution in [0, 0.1) is 6.92 Å². The van der Waals surface area contributed by atoms with Gasteiger partial charge >= 0.3 is 0 Å². The van der Waals surface area contributed by atoms with Gasteiger partial charge < -0.3 is 0 Å². The lowest BCUT2D eigenvalue weighted by Crippen LogP contribution is -1.82. The van der Waals surface area contributed by atoms with Gasteiger partial charge in [0.15, 0.2) is 5.82 Å². The summed E-state index contributed by atoms with van der Waals surface area (Å²) in [5, 5.41) is 6.86. The predicted molar refractivity (Wildman–Crippen MR) is 56.1 cm³/mol. The number of aromatic nitrogens is 3. The molecule has 0 aliphatic rings. The van der Waals surface area contributed by atoms with Crippen molar-refractivity contribution in [3.8, 4) is 11.4 Å². The third kappa shape index (κ3) is 1.77. The van der Waals surface area contributed by atoms with Gasteiger partial charge in [-0.3, -0.25) is 5.10 Å². The van der Waals surface area contributed by atoms with Gasteiger partial charge in [0.1, 0.15) is 5.82 Å². The predicted octanol–water partition coefficient (Wildman–Crippen LogP) is 2.52. The molecule has 0 atom stereocenters. The lowest BCUT2D eigenvalue weighted by Gasteiger charge is -1.95. The van der Waals surface area contributed by atoms with Crippen molar-refractivity contribution in [2.45, 2.75) is 12.8 Å². The van der Waals surface area contributed by atoms with Crippen LogP contribution in [0.5, 0.6) is 0 Å². The van der Waals surface area contributed by atoms with Crippen LogP contribution in [0.4, 0.5) is 0 Å². The number of benzene rings is 1. The third-order valence-electron chi connectivity index (χ3n) is 1.93. The summed E-state index contributed by atoms with van der Waals surface area (Å²) in [6.45, 7) is 2.04. The van der Waals surface area contributed by atoms with E-state index in [-0.39, 0.29) is 0 Å². The fourth-order valence-electron chi connectivity index (χ4n) is 1.27. The zero-order valence-electron chi connectivity index (χ0n) is 7.79. The number of nitrogens with one attached hydrogen (secondary N) is 1. The third-order valence-corrected chi connectivity index (χ3v) is 2.19. The van der Waals surface area contributed by atoms with Crippen molar-refractivity contribution in [2.75, 3.05) is 0 Å². The van der Waals surface area contributed by atoms with Gasteiger partial charge in [0, 0.05) is 5.56 Å². The van der Waals surface area contributed by atoms with E-state index in [1.165, 1.54) is 5.56 Å². The maximum atomic E-state index is 5.63. The van der Waals surface area contributed by atoms with E-state index in [0.717, 1.165) is 5.56 Å².